The number of nitrogens with one attached hydrogen (secondary N) is 2. The third-order valence-corrected chi connectivity index (χ3v) is 4.09. The van der Waals surface area contributed by atoms with Gasteiger partial charge in [0.15, 0.2) is 0 Å². The Labute approximate surface area is 137 Å². The maximum atomic E-state index is 12.3. The summed E-state index contributed by atoms with van der Waals surface area (Å²) >= 11 is 0. The highest BCUT2D eigenvalue weighted by Gasteiger charge is 2.35. The highest BCUT2D eigenvalue weighted by molar-refractivity contribution is 5.85. The average molecular weight is 327 g/mol. The van der Waals surface area contributed by atoms with E-state index in [0.717, 1.165) is 17.9 Å². The second kappa shape index (κ2) is 7.81. The van der Waals surface area contributed by atoms with Crippen LogP contribution in [0.15, 0.2) is 24.3 Å². The number of halogens is 1. The van der Waals surface area contributed by atoms with Crippen LogP contribution in [-0.4, -0.2) is 38.8 Å². The third-order valence-electron chi connectivity index (χ3n) is 4.09. The molecule has 0 spiro atoms. The van der Waals surface area contributed by atoms with Gasteiger partial charge in [0.2, 0.25) is 0 Å². The second-order valence-corrected chi connectivity index (χ2v) is 5.66. The van der Waals surface area contributed by atoms with E-state index in [1.165, 1.54) is 12.8 Å². The number of hydrogen-bond donors (Lipinski definition) is 2. The van der Waals surface area contributed by atoms with Gasteiger partial charge < -0.3 is 20.1 Å². The molecule has 122 valence electrons. The topological polar surface area (TPSA) is 59.6 Å². The summed E-state index contributed by atoms with van der Waals surface area (Å²) in [6, 6.07) is 8.02. The van der Waals surface area contributed by atoms with Crippen molar-refractivity contribution in [2.24, 2.45) is 5.92 Å². The van der Waals surface area contributed by atoms with Crippen LogP contribution in [0, 0.1) is 5.92 Å². The van der Waals surface area contributed by atoms with Crippen LogP contribution in [0.4, 0.5) is 0 Å². The molecule has 2 aliphatic rings. The Bertz CT molecular complexity index is 485. The van der Waals surface area contributed by atoms with Gasteiger partial charge in [-0.3, -0.25) is 4.79 Å². The zero-order valence-corrected chi connectivity index (χ0v) is 13.5. The van der Waals surface area contributed by atoms with Crippen molar-refractivity contribution in [2.45, 2.75) is 25.0 Å². The standard InChI is InChI=1S/C16H22N2O3.ClH/c1-20-13-6-4-12(5-7-13)15(11-2-3-11)18-16(19)14-10-17-8-9-21-14;/h4-7,11,14-15,17H,2-3,8-10H2,1H3,(H,18,19);1H. The van der Waals surface area contributed by atoms with Crippen LogP contribution in [0.3, 0.4) is 0 Å². The molecule has 5 nitrogen and oxygen atoms in total. The lowest BCUT2D eigenvalue weighted by Crippen LogP contribution is -2.48. The fourth-order valence-corrected chi connectivity index (χ4v) is 2.69. The van der Waals surface area contributed by atoms with Gasteiger partial charge in [-0.1, -0.05) is 12.1 Å². The van der Waals surface area contributed by atoms with Crippen molar-refractivity contribution in [3.8, 4) is 5.75 Å². The highest BCUT2D eigenvalue weighted by atomic mass is 35.5. The van der Waals surface area contributed by atoms with Crippen molar-refractivity contribution >= 4 is 18.3 Å². The lowest BCUT2D eigenvalue weighted by molar-refractivity contribution is -0.135. The molecule has 1 aromatic carbocycles. The van der Waals surface area contributed by atoms with E-state index in [0.29, 0.717) is 19.1 Å². The van der Waals surface area contributed by atoms with Gasteiger partial charge in [-0.25, -0.2) is 0 Å². The normalized spacial score (nSPS) is 22.3. The predicted molar refractivity (Wildman–Crippen MR) is 86.5 cm³/mol. The quantitative estimate of drug-likeness (QED) is 0.864. The number of carbonyl (C=O) groups excluding carboxylic acids is 1. The van der Waals surface area contributed by atoms with Crippen molar-refractivity contribution in [2.75, 3.05) is 26.8 Å². The van der Waals surface area contributed by atoms with Gasteiger partial charge in [-0.15, -0.1) is 12.4 Å². The second-order valence-electron chi connectivity index (χ2n) is 5.66. The Balaban J connectivity index is 0.00000176. The minimum atomic E-state index is -0.377. The molecule has 0 aromatic heterocycles. The fraction of sp³-hybridized carbons (Fsp3) is 0.562. The summed E-state index contributed by atoms with van der Waals surface area (Å²) in [6.45, 7) is 1.99. The maximum Gasteiger partial charge on any atom is 0.250 e. The molecular weight excluding hydrogens is 304 g/mol. The van der Waals surface area contributed by atoms with Crippen molar-refractivity contribution in [1.29, 1.82) is 0 Å². The molecule has 1 aliphatic heterocycles. The van der Waals surface area contributed by atoms with E-state index >= 15 is 0 Å². The van der Waals surface area contributed by atoms with Gasteiger partial charge in [-0.2, -0.15) is 0 Å². The minimum Gasteiger partial charge on any atom is -0.497 e. The van der Waals surface area contributed by atoms with Crippen molar-refractivity contribution < 1.29 is 14.3 Å². The summed E-state index contributed by atoms with van der Waals surface area (Å²) in [4.78, 5) is 12.3. The van der Waals surface area contributed by atoms with Gasteiger partial charge in [0.05, 0.1) is 19.8 Å². The summed E-state index contributed by atoms with van der Waals surface area (Å²) in [6.07, 6.45) is 1.96. The Kier molecular flexibility index (Phi) is 6.06. The molecule has 1 aromatic rings. The van der Waals surface area contributed by atoms with Crippen LogP contribution in [0.1, 0.15) is 24.4 Å². The SMILES string of the molecule is COc1ccc(C(NC(=O)C2CNCCO2)C2CC2)cc1.Cl. The van der Waals surface area contributed by atoms with Gasteiger partial charge in [0, 0.05) is 13.1 Å². The van der Waals surface area contributed by atoms with Crippen LogP contribution in [0.5, 0.6) is 5.75 Å². The number of rotatable bonds is 5. The van der Waals surface area contributed by atoms with Crippen LogP contribution >= 0.6 is 12.4 Å². The Morgan fingerprint density at radius 2 is 2.09 bits per heavy atom. The molecule has 3 rings (SSSR count). The highest BCUT2D eigenvalue weighted by Crippen LogP contribution is 2.41. The summed E-state index contributed by atoms with van der Waals surface area (Å²) in [5.41, 5.74) is 1.13. The van der Waals surface area contributed by atoms with Crippen molar-refractivity contribution in [3.63, 3.8) is 0 Å². The first-order chi connectivity index (χ1) is 10.3. The van der Waals surface area contributed by atoms with Crippen LogP contribution in [-0.2, 0) is 9.53 Å². The molecule has 2 N–H and O–H groups in total. The van der Waals surface area contributed by atoms with E-state index in [2.05, 4.69) is 10.6 Å². The van der Waals surface area contributed by atoms with Crippen LogP contribution < -0.4 is 15.4 Å². The summed E-state index contributed by atoms with van der Waals surface area (Å²) in [7, 11) is 1.66. The molecule has 1 saturated heterocycles. The van der Waals surface area contributed by atoms with E-state index in [4.69, 9.17) is 9.47 Å². The molecular formula is C16H23ClN2O3. The molecule has 0 bridgehead atoms. The Morgan fingerprint density at radius 1 is 1.36 bits per heavy atom. The van der Waals surface area contributed by atoms with Gasteiger partial charge >= 0.3 is 0 Å². The summed E-state index contributed by atoms with van der Waals surface area (Å²) < 4.78 is 10.7. The number of benzene rings is 1. The van der Waals surface area contributed by atoms with E-state index in [1.807, 2.05) is 24.3 Å². The number of methoxy groups -OCH3 is 1. The zero-order chi connectivity index (χ0) is 14.7. The molecule has 1 heterocycles. The summed E-state index contributed by atoms with van der Waals surface area (Å²) in [5, 5.41) is 6.34. The van der Waals surface area contributed by atoms with Crippen LogP contribution in [0.2, 0.25) is 0 Å². The predicted octanol–water partition coefficient (Wildman–Crippen LogP) is 1.67. The number of amides is 1. The number of morpholine rings is 1. The lowest BCUT2D eigenvalue weighted by atomic mass is 10.0. The van der Waals surface area contributed by atoms with Gasteiger partial charge in [-0.05, 0) is 36.5 Å². The third kappa shape index (κ3) is 4.12. The number of carbonyl (C=O) groups is 1. The van der Waals surface area contributed by atoms with Crippen molar-refractivity contribution in [3.05, 3.63) is 29.8 Å². The molecule has 2 unspecified atom stereocenters. The largest absolute Gasteiger partial charge is 0.497 e. The molecule has 22 heavy (non-hydrogen) atoms. The fourth-order valence-electron chi connectivity index (χ4n) is 2.69. The van der Waals surface area contributed by atoms with E-state index < -0.39 is 0 Å². The lowest BCUT2D eigenvalue weighted by Gasteiger charge is -2.26. The first kappa shape index (κ1) is 17.1. The molecule has 6 heteroatoms. The average Bonchev–Trinajstić information content (AvgIpc) is 3.38. The van der Waals surface area contributed by atoms with Gasteiger partial charge in [0.25, 0.3) is 5.91 Å². The Morgan fingerprint density at radius 3 is 2.64 bits per heavy atom. The maximum absolute atomic E-state index is 12.3. The summed E-state index contributed by atoms with van der Waals surface area (Å²) in [5.74, 6) is 1.35. The van der Waals surface area contributed by atoms with E-state index in [1.54, 1.807) is 7.11 Å². The molecule has 1 aliphatic carbocycles. The molecule has 0 radical (unpaired) electrons. The van der Waals surface area contributed by atoms with Gasteiger partial charge in [0.1, 0.15) is 11.9 Å². The number of hydrogen-bond acceptors (Lipinski definition) is 4. The zero-order valence-electron chi connectivity index (χ0n) is 12.7. The molecule has 2 atom stereocenters. The first-order valence-electron chi connectivity index (χ1n) is 7.54. The molecule has 1 amide bonds. The van der Waals surface area contributed by atoms with Crippen LogP contribution in [0.25, 0.3) is 0 Å². The minimum absolute atomic E-state index is 0. The van der Waals surface area contributed by atoms with Crippen molar-refractivity contribution in [1.82, 2.24) is 10.6 Å². The smallest absolute Gasteiger partial charge is 0.250 e. The molecule has 2 fully saturated rings. The Hall–Kier alpha value is -1.30. The van der Waals surface area contributed by atoms with E-state index in [9.17, 15) is 4.79 Å². The first-order valence-corrected chi connectivity index (χ1v) is 7.54. The monoisotopic (exact) mass is 326 g/mol. The molecule has 1 saturated carbocycles. The number of ether oxygens (including phenoxy) is 2. The van der Waals surface area contributed by atoms with E-state index in [-0.39, 0.29) is 30.5 Å².